The number of phosphoric ester groups is 2. The number of allylic oxidation sites excluding steroid dienone is 22. The highest BCUT2D eigenvalue weighted by Crippen LogP contribution is 2.45. The number of aliphatic hydroxyl groups is 1. The van der Waals surface area contributed by atoms with Gasteiger partial charge in [0, 0.05) is 25.7 Å². The van der Waals surface area contributed by atoms with Crippen LogP contribution in [0.15, 0.2) is 134 Å². The van der Waals surface area contributed by atoms with Crippen LogP contribution < -0.4 is 0 Å². The van der Waals surface area contributed by atoms with Crippen LogP contribution >= 0.6 is 15.6 Å². The average molecular weight is 1470 g/mol. The van der Waals surface area contributed by atoms with Crippen molar-refractivity contribution in [2.75, 3.05) is 39.6 Å². The van der Waals surface area contributed by atoms with Crippen LogP contribution in [-0.2, 0) is 65.4 Å². The summed E-state index contributed by atoms with van der Waals surface area (Å²) in [5.41, 5.74) is 0. The molecule has 0 saturated heterocycles. The molecule has 5 unspecified atom stereocenters. The van der Waals surface area contributed by atoms with Crippen LogP contribution in [0.4, 0.5) is 0 Å². The van der Waals surface area contributed by atoms with Crippen LogP contribution in [0.1, 0.15) is 310 Å². The number of hydrogen-bond acceptors (Lipinski definition) is 15. The second kappa shape index (κ2) is 74.5. The number of esters is 4. The fourth-order valence-electron chi connectivity index (χ4n) is 10.1. The molecule has 0 aromatic carbocycles. The van der Waals surface area contributed by atoms with Crippen molar-refractivity contribution in [2.24, 2.45) is 0 Å². The molecule has 0 spiro atoms. The third kappa shape index (κ3) is 73.5. The molecule has 0 bridgehead atoms. The third-order valence-corrected chi connectivity index (χ3v) is 18.0. The highest BCUT2D eigenvalue weighted by molar-refractivity contribution is 7.47. The van der Waals surface area contributed by atoms with Gasteiger partial charge in [0.1, 0.15) is 19.3 Å². The molecule has 3 N–H and O–H groups in total. The standard InChI is InChI=1S/C83H140O17P2/c1-5-9-13-17-21-25-29-33-35-37-38-40-42-46-48-52-56-60-64-68-81(86)94-74-79(100-83(88)70-66-62-58-54-50-44-32-28-24-20-16-12-8-4)76-98-102(91,92)96-72-77(84)71-95-101(89,90)97-75-78(99-82(87)69-65-61-57-53-49-43-31-27-23-19-15-11-7-3)73-93-80(85)67-63-59-55-51-47-45-41-39-36-34-30-26-22-18-14-10-6-2/h9-10,13-15,19,21-22,25-28,31-36,38,40-41,45,77-79,84H,5-8,11-12,16-18,20,23-24,29-30,37,39,42-44,46-76H2,1-4H3,(H,89,90)(H,91,92)/b13-9-,14-10-,19-15-,25-21-,26-22-,31-27-,32-28-,35-33-,36-34-,40-38-,45-41-. The summed E-state index contributed by atoms with van der Waals surface area (Å²) < 4.78 is 68.5. The van der Waals surface area contributed by atoms with Crippen LogP contribution in [0.5, 0.6) is 0 Å². The van der Waals surface area contributed by atoms with Crippen LogP contribution in [0.25, 0.3) is 0 Å². The molecule has 0 aliphatic rings. The van der Waals surface area contributed by atoms with Gasteiger partial charge < -0.3 is 33.8 Å². The summed E-state index contributed by atoms with van der Waals surface area (Å²) in [6.07, 6.45) is 82.9. The molecule has 0 amide bonds. The van der Waals surface area contributed by atoms with Gasteiger partial charge in [0.2, 0.25) is 0 Å². The first-order valence-electron chi connectivity index (χ1n) is 39.4. The highest BCUT2D eigenvalue weighted by Gasteiger charge is 2.30. The molecule has 102 heavy (non-hydrogen) atoms. The lowest BCUT2D eigenvalue weighted by molar-refractivity contribution is -0.161. The molecule has 0 heterocycles. The summed E-state index contributed by atoms with van der Waals surface area (Å²) in [4.78, 5) is 73.0. The first-order chi connectivity index (χ1) is 49.7. The molecule has 17 nitrogen and oxygen atoms in total. The average Bonchev–Trinajstić information content (AvgIpc) is 0.909. The summed E-state index contributed by atoms with van der Waals surface area (Å²) in [6, 6.07) is 0. The van der Waals surface area contributed by atoms with E-state index in [1.54, 1.807) is 0 Å². The fourth-order valence-corrected chi connectivity index (χ4v) is 11.7. The Labute approximate surface area is 618 Å². The molecule has 0 aromatic heterocycles. The molecule has 19 heteroatoms. The van der Waals surface area contributed by atoms with Crippen molar-refractivity contribution in [1.82, 2.24) is 0 Å². The van der Waals surface area contributed by atoms with E-state index in [0.717, 1.165) is 205 Å². The molecule has 584 valence electrons. The van der Waals surface area contributed by atoms with Crippen molar-refractivity contribution >= 4 is 39.5 Å². The topological polar surface area (TPSA) is 237 Å². The molecule has 5 atom stereocenters. The Morgan fingerprint density at radius 2 is 0.529 bits per heavy atom. The number of aliphatic hydroxyl groups excluding tert-OH is 1. The van der Waals surface area contributed by atoms with E-state index in [4.69, 9.17) is 37.0 Å². The molecular formula is C83H140O17P2. The lowest BCUT2D eigenvalue weighted by Gasteiger charge is -2.21. The fraction of sp³-hybridized carbons (Fsp3) is 0.687. The monoisotopic (exact) mass is 1470 g/mol. The van der Waals surface area contributed by atoms with Gasteiger partial charge in [0.05, 0.1) is 26.4 Å². The zero-order chi connectivity index (χ0) is 74.6. The van der Waals surface area contributed by atoms with Gasteiger partial charge in [-0.1, -0.05) is 264 Å². The minimum absolute atomic E-state index is 0.0699. The minimum Gasteiger partial charge on any atom is -0.462 e. The smallest absolute Gasteiger partial charge is 0.462 e. The lowest BCUT2D eigenvalue weighted by atomic mass is 10.1. The molecule has 0 aliphatic heterocycles. The van der Waals surface area contributed by atoms with E-state index in [2.05, 4.69) is 161 Å². The lowest BCUT2D eigenvalue weighted by Crippen LogP contribution is -2.30. The van der Waals surface area contributed by atoms with Crippen molar-refractivity contribution < 1.29 is 80.2 Å². The molecule has 0 rings (SSSR count). The van der Waals surface area contributed by atoms with Gasteiger partial charge in [-0.05, 0) is 154 Å². The van der Waals surface area contributed by atoms with Crippen molar-refractivity contribution in [3.8, 4) is 0 Å². The van der Waals surface area contributed by atoms with Gasteiger partial charge in [-0.15, -0.1) is 0 Å². The van der Waals surface area contributed by atoms with E-state index in [1.165, 1.54) is 25.7 Å². The van der Waals surface area contributed by atoms with Crippen LogP contribution in [0.3, 0.4) is 0 Å². The first kappa shape index (κ1) is 97.2. The van der Waals surface area contributed by atoms with Crippen molar-refractivity contribution in [2.45, 2.75) is 329 Å². The van der Waals surface area contributed by atoms with Crippen molar-refractivity contribution in [1.29, 1.82) is 0 Å². The number of unbranched alkanes of at least 4 members (excludes halogenated alkanes) is 25. The number of phosphoric acid groups is 2. The third-order valence-electron chi connectivity index (χ3n) is 16.1. The molecular weight excluding hydrogens is 1330 g/mol. The van der Waals surface area contributed by atoms with Crippen LogP contribution in [-0.4, -0.2) is 96.7 Å². The maximum absolute atomic E-state index is 13.1. The Kier molecular flexibility index (Phi) is 71.0. The maximum atomic E-state index is 13.1. The number of carbonyl (C=O) groups excluding carboxylic acids is 4. The zero-order valence-corrected chi connectivity index (χ0v) is 65.5. The van der Waals surface area contributed by atoms with Gasteiger partial charge in [-0.2, -0.15) is 0 Å². The Morgan fingerprint density at radius 3 is 0.833 bits per heavy atom. The van der Waals surface area contributed by atoms with Gasteiger partial charge in [0.15, 0.2) is 12.2 Å². The minimum atomic E-state index is -4.99. The number of rotatable bonds is 73. The van der Waals surface area contributed by atoms with Gasteiger partial charge in [-0.3, -0.25) is 37.3 Å². The summed E-state index contributed by atoms with van der Waals surface area (Å²) in [5.74, 6) is -2.24. The molecule has 0 aromatic rings. The van der Waals surface area contributed by atoms with E-state index in [0.29, 0.717) is 25.7 Å². The molecule has 0 radical (unpaired) electrons. The van der Waals surface area contributed by atoms with E-state index >= 15 is 0 Å². The van der Waals surface area contributed by atoms with E-state index in [-0.39, 0.29) is 25.7 Å². The normalized spacial score (nSPS) is 14.6. The highest BCUT2D eigenvalue weighted by atomic mass is 31.2. The largest absolute Gasteiger partial charge is 0.472 e. The zero-order valence-electron chi connectivity index (χ0n) is 63.7. The maximum Gasteiger partial charge on any atom is 0.472 e. The molecule has 0 aliphatic carbocycles. The summed E-state index contributed by atoms with van der Waals surface area (Å²) in [5, 5.41) is 10.6. The molecule has 0 fully saturated rings. The Morgan fingerprint density at radius 1 is 0.284 bits per heavy atom. The van der Waals surface area contributed by atoms with Gasteiger partial charge in [-0.25, -0.2) is 9.13 Å². The summed E-state index contributed by atoms with van der Waals surface area (Å²) in [6.45, 7) is 4.50. The Balaban J connectivity index is 5.37. The Bertz CT molecular complexity index is 2460. The van der Waals surface area contributed by atoms with E-state index < -0.39 is 97.5 Å². The first-order valence-corrected chi connectivity index (χ1v) is 42.4. The van der Waals surface area contributed by atoms with Crippen molar-refractivity contribution in [3.63, 3.8) is 0 Å². The van der Waals surface area contributed by atoms with Crippen molar-refractivity contribution in [3.05, 3.63) is 134 Å². The SMILES string of the molecule is CC/C=C\C/C=C\C/C=C\C/C=C\CCCCCCCCC(=O)OCC(COP(=O)(O)OCC(O)COP(=O)(O)OCC(COC(=O)CCCCCC/C=C\C/C=C\C/C=C\C/C=C\CC)OC(=O)CCCCCCC/C=C\C/C=C\CCC)OC(=O)CCCCCCC/C=C\CCCCCC. The predicted octanol–water partition coefficient (Wildman–Crippen LogP) is 22.9. The number of ether oxygens (including phenoxy) is 4. The van der Waals surface area contributed by atoms with E-state index in [1.807, 2.05) is 0 Å². The second-order valence-electron chi connectivity index (χ2n) is 25.9. The van der Waals surface area contributed by atoms with Crippen LogP contribution in [0, 0.1) is 0 Å². The van der Waals surface area contributed by atoms with E-state index in [9.17, 15) is 43.2 Å². The number of hydrogen-bond donors (Lipinski definition) is 3. The van der Waals surface area contributed by atoms with Gasteiger partial charge >= 0.3 is 39.5 Å². The second-order valence-corrected chi connectivity index (χ2v) is 28.8. The van der Waals surface area contributed by atoms with Gasteiger partial charge in [0.25, 0.3) is 0 Å². The summed E-state index contributed by atoms with van der Waals surface area (Å²) >= 11 is 0. The number of carbonyl (C=O) groups is 4. The Hall–Kier alpha value is -4.80. The quantitative estimate of drug-likeness (QED) is 0.0169. The predicted molar refractivity (Wildman–Crippen MR) is 418 cm³/mol. The summed E-state index contributed by atoms with van der Waals surface area (Å²) in [7, 11) is -9.97. The molecule has 0 saturated carbocycles. The van der Waals surface area contributed by atoms with Crippen LogP contribution in [0.2, 0.25) is 0 Å².